The van der Waals surface area contributed by atoms with Crippen molar-refractivity contribution in [1.82, 2.24) is 10.1 Å². The van der Waals surface area contributed by atoms with E-state index in [1.54, 1.807) is 16.7 Å². The van der Waals surface area contributed by atoms with Crippen LogP contribution in [0.25, 0.3) is 0 Å². The maximum Gasteiger partial charge on any atom is 0.240 e. The molecule has 1 aromatic heterocycles. The first-order valence-electron chi connectivity index (χ1n) is 9.38. The smallest absolute Gasteiger partial charge is 0.240 e. The van der Waals surface area contributed by atoms with Gasteiger partial charge in [-0.3, -0.25) is 18.7 Å². The second kappa shape index (κ2) is 7.16. The Balaban J connectivity index is 1.51. The van der Waals surface area contributed by atoms with Crippen LogP contribution in [-0.4, -0.2) is 49.8 Å². The minimum Gasteiger partial charge on any atom is -0.361 e. The fourth-order valence-electron chi connectivity index (χ4n) is 4.17. The molecule has 0 bridgehead atoms. The highest BCUT2D eigenvalue weighted by Gasteiger charge is 2.53. The molecular formula is C20H23N3O4S. The summed E-state index contributed by atoms with van der Waals surface area (Å²) in [7, 11) is -1.28. The summed E-state index contributed by atoms with van der Waals surface area (Å²) in [6.45, 7) is 4.59. The van der Waals surface area contributed by atoms with Gasteiger partial charge in [0.05, 0.1) is 22.9 Å². The maximum absolute atomic E-state index is 12.9. The van der Waals surface area contributed by atoms with Gasteiger partial charge in [0.1, 0.15) is 16.4 Å². The summed E-state index contributed by atoms with van der Waals surface area (Å²) in [5.41, 5.74) is 2.33. The summed E-state index contributed by atoms with van der Waals surface area (Å²) in [6.07, 6.45) is 1.26. The summed E-state index contributed by atoms with van der Waals surface area (Å²) in [4.78, 5) is 28.1. The largest absolute Gasteiger partial charge is 0.361 e. The van der Waals surface area contributed by atoms with Gasteiger partial charge >= 0.3 is 0 Å². The van der Waals surface area contributed by atoms with Crippen LogP contribution in [0.4, 0.5) is 5.69 Å². The Morgan fingerprint density at radius 3 is 2.50 bits per heavy atom. The number of aromatic nitrogens is 1. The van der Waals surface area contributed by atoms with Crippen LogP contribution in [0, 0.1) is 13.8 Å². The quantitative estimate of drug-likeness (QED) is 0.785. The van der Waals surface area contributed by atoms with Gasteiger partial charge in [-0.25, -0.2) is 0 Å². The number of likely N-dealkylation sites (tertiary alicyclic amines) is 1. The van der Waals surface area contributed by atoms with Crippen LogP contribution in [0.1, 0.15) is 29.9 Å². The zero-order valence-electron chi connectivity index (χ0n) is 16.0. The van der Waals surface area contributed by atoms with Crippen LogP contribution in [-0.2, 0) is 26.8 Å². The molecule has 7 nitrogen and oxygen atoms in total. The van der Waals surface area contributed by atoms with Crippen molar-refractivity contribution in [2.45, 2.75) is 38.0 Å². The number of carbonyl (C=O) groups excluding carboxylic acids is 2. The van der Waals surface area contributed by atoms with Crippen molar-refractivity contribution in [3.8, 4) is 0 Å². The van der Waals surface area contributed by atoms with E-state index < -0.39 is 15.7 Å². The van der Waals surface area contributed by atoms with Crippen molar-refractivity contribution in [2.75, 3.05) is 23.7 Å². The predicted octanol–water partition coefficient (Wildman–Crippen LogP) is 1.95. The van der Waals surface area contributed by atoms with Crippen molar-refractivity contribution in [3.05, 3.63) is 47.3 Å². The number of benzene rings is 1. The van der Waals surface area contributed by atoms with E-state index >= 15 is 0 Å². The first-order chi connectivity index (χ1) is 13.4. The van der Waals surface area contributed by atoms with Gasteiger partial charge in [0, 0.05) is 37.2 Å². The van der Waals surface area contributed by atoms with Crippen LogP contribution >= 0.6 is 0 Å². The van der Waals surface area contributed by atoms with Crippen molar-refractivity contribution in [1.29, 1.82) is 0 Å². The third-order valence-electron chi connectivity index (χ3n) is 5.76. The van der Waals surface area contributed by atoms with Crippen molar-refractivity contribution >= 4 is 28.3 Å². The van der Waals surface area contributed by atoms with Gasteiger partial charge in [-0.1, -0.05) is 23.4 Å². The molecule has 1 atom stereocenters. The lowest BCUT2D eigenvalue weighted by Gasteiger charge is -2.43. The molecule has 1 aromatic carbocycles. The molecule has 2 aliphatic rings. The van der Waals surface area contributed by atoms with Crippen LogP contribution < -0.4 is 4.90 Å². The van der Waals surface area contributed by atoms with E-state index in [2.05, 4.69) is 5.16 Å². The number of amides is 2. The minimum absolute atomic E-state index is 0.00520. The van der Waals surface area contributed by atoms with Gasteiger partial charge < -0.3 is 9.42 Å². The van der Waals surface area contributed by atoms with E-state index in [1.807, 2.05) is 37.3 Å². The molecular weight excluding hydrogens is 378 g/mol. The van der Waals surface area contributed by atoms with Crippen LogP contribution in [0.5, 0.6) is 0 Å². The zero-order chi connectivity index (χ0) is 19.9. The topological polar surface area (TPSA) is 83.7 Å². The van der Waals surface area contributed by atoms with E-state index in [1.165, 1.54) is 0 Å². The first-order valence-corrected chi connectivity index (χ1v) is 10.7. The minimum atomic E-state index is -1.28. The number of aryl methyl sites for hydroxylation is 2. The molecule has 8 heteroatoms. The third kappa shape index (κ3) is 3.05. The average Bonchev–Trinajstić information content (AvgIpc) is 3.13. The second-order valence-corrected chi connectivity index (χ2v) is 9.10. The van der Waals surface area contributed by atoms with Crippen molar-refractivity contribution < 1.29 is 18.3 Å². The van der Waals surface area contributed by atoms with Gasteiger partial charge in [-0.15, -0.1) is 0 Å². The lowest BCUT2D eigenvalue weighted by molar-refractivity contribution is -0.131. The fourth-order valence-corrected chi connectivity index (χ4v) is 5.84. The van der Waals surface area contributed by atoms with E-state index in [0.717, 1.165) is 16.9 Å². The van der Waals surface area contributed by atoms with Gasteiger partial charge in [0.2, 0.25) is 11.8 Å². The Bertz CT molecular complexity index is 913. The highest BCUT2D eigenvalue weighted by atomic mass is 32.2. The fraction of sp³-hybridized carbons (Fsp3) is 0.450. The number of rotatable bonds is 3. The number of nitrogens with zero attached hydrogens (tertiary/aromatic N) is 3. The Labute approximate surface area is 166 Å². The first kappa shape index (κ1) is 18.9. The number of hydrogen-bond acceptors (Lipinski definition) is 5. The Kier molecular flexibility index (Phi) is 4.82. The average molecular weight is 401 g/mol. The monoisotopic (exact) mass is 401 g/mol. The van der Waals surface area contributed by atoms with Crippen LogP contribution in [0.15, 0.2) is 34.9 Å². The Morgan fingerprint density at radius 2 is 1.89 bits per heavy atom. The van der Waals surface area contributed by atoms with Crippen LogP contribution in [0.2, 0.25) is 0 Å². The molecule has 28 heavy (non-hydrogen) atoms. The molecule has 4 rings (SSSR count). The van der Waals surface area contributed by atoms with E-state index in [4.69, 9.17) is 4.52 Å². The molecule has 2 aromatic rings. The molecule has 0 N–H and O–H groups in total. The molecule has 0 radical (unpaired) electrons. The molecule has 2 aliphatic heterocycles. The number of carbonyl (C=O) groups is 2. The van der Waals surface area contributed by atoms with E-state index in [-0.39, 0.29) is 24.0 Å². The van der Waals surface area contributed by atoms with E-state index in [9.17, 15) is 13.8 Å². The maximum atomic E-state index is 12.9. The van der Waals surface area contributed by atoms with Gasteiger partial charge in [-0.05, 0) is 26.0 Å². The third-order valence-corrected chi connectivity index (χ3v) is 7.70. The highest BCUT2D eigenvalue weighted by Crippen LogP contribution is 2.40. The number of piperidine rings is 1. The summed E-state index contributed by atoms with van der Waals surface area (Å²) >= 11 is 0. The molecule has 0 aliphatic carbocycles. The van der Waals surface area contributed by atoms with Crippen molar-refractivity contribution in [3.63, 3.8) is 0 Å². The Morgan fingerprint density at radius 1 is 1.21 bits per heavy atom. The Hall–Kier alpha value is -2.48. The van der Waals surface area contributed by atoms with E-state index in [0.29, 0.717) is 31.7 Å². The SMILES string of the molecule is Cc1noc(C)c1CC(=O)N1CCC2(CC1)N(c1ccccc1)C(=O)CS2=O. The lowest BCUT2D eigenvalue weighted by Crippen LogP contribution is -2.56. The van der Waals surface area contributed by atoms with Crippen molar-refractivity contribution in [2.24, 2.45) is 0 Å². The summed E-state index contributed by atoms with van der Waals surface area (Å²) in [5, 5.41) is 3.90. The zero-order valence-corrected chi connectivity index (χ0v) is 16.8. The molecule has 2 saturated heterocycles. The van der Waals surface area contributed by atoms with Gasteiger partial charge in [0.15, 0.2) is 0 Å². The summed E-state index contributed by atoms with van der Waals surface area (Å²) in [6, 6.07) is 9.39. The number of anilines is 1. The molecule has 148 valence electrons. The highest BCUT2D eigenvalue weighted by molar-refractivity contribution is 7.88. The van der Waals surface area contributed by atoms with Gasteiger partial charge in [-0.2, -0.15) is 0 Å². The molecule has 1 unspecified atom stereocenters. The lowest BCUT2D eigenvalue weighted by atomic mass is 10.00. The normalized spacial score (nSPS) is 21.5. The summed E-state index contributed by atoms with van der Waals surface area (Å²) in [5.74, 6) is 0.602. The second-order valence-electron chi connectivity index (χ2n) is 7.36. The predicted molar refractivity (Wildman–Crippen MR) is 105 cm³/mol. The number of para-hydroxylation sites is 1. The molecule has 1 spiro atoms. The van der Waals surface area contributed by atoms with Crippen LogP contribution in [0.3, 0.4) is 0 Å². The number of hydrogen-bond donors (Lipinski definition) is 0. The standard InChI is InChI=1S/C20H23N3O4S/c1-14-17(15(2)27-21-14)12-18(24)22-10-8-20(9-11-22)23(19(25)13-28(20)26)16-6-4-3-5-7-16/h3-7H,8-13H2,1-2H3. The van der Waals surface area contributed by atoms with Gasteiger partial charge in [0.25, 0.3) is 0 Å². The molecule has 2 amide bonds. The summed E-state index contributed by atoms with van der Waals surface area (Å²) < 4.78 is 18.0. The molecule has 0 saturated carbocycles. The molecule has 2 fully saturated rings. The molecule has 3 heterocycles.